The summed E-state index contributed by atoms with van der Waals surface area (Å²) in [6.07, 6.45) is -3.16. The molecule has 4 rings (SSSR count). The second kappa shape index (κ2) is 13.7. The molecular weight excluding hydrogens is 624 g/mol. The first kappa shape index (κ1) is 33.5. The lowest BCUT2D eigenvalue weighted by molar-refractivity contribution is -0.149. The van der Waals surface area contributed by atoms with Gasteiger partial charge in [0, 0.05) is 13.6 Å². The molecule has 1 aromatic carbocycles. The van der Waals surface area contributed by atoms with Crippen molar-refractivity contribution in [2.24, 2.45) is 4.99 Å². The number of benzene rings is 1. The number of halogens is 2. The van der Waals surface area contributed by atoms with Crippen LogP contribution in [0.4, 0.5) is 10.3 Å². The van der Waals surface area contributed by atoms with Crippen molar-refractivity contribution in [2.75, 3.05) is 20.2 Å². The van der Waals surface area contributed by atoms with Crippen LogP contribution in [0.2, 0.25) is 0 Å². The predicted octanol–water partition coefficient (Wildman–Crippen LogP) is 3.03. The summed E-state index contributed by atoms with van der Waals surface area (Å²) < 4.78 is 52.7. The third-order valence-electron chi connectivity index (χ3n) is 6.36. The van der Waals surface area contributed by atoms with E-state index in [4.69, 9.17) is 30.1 Å². The van der Waals surface area contributed by atoms with Crippen LogP contribution in [-0.2, 0) is 23.4 Å². The highest BCUT2D eigenvalue weighted by molar-refractivity contribution is 7.52. The summed E-state index contributed by atoms with van der Waals surface area (Å²) in [5, 5.41) is 10.3. The van der Waals surface area contributed by atoms with E-state index in [1.807, 2.05) is 6.92 Å². The topological polar surface area (TPSA) is 182 Å². The Morgan fingerprint density at radius 1 is 1.39 bits per heavy atom. The first-order valence-corrected chi connectivity index (χ1v) is 15.6. The Labute approximate surface area is 256 Å². The summed E-state index contributed by atoms with van der Waals surface area (Å²) in [5.41, 5.74) is -0.906. The minimum Gasteiger partial charge on any atom is -0.462 e. The van der Waals surface area contributed by atoms with Gasteiger partial charge in [-0.05, 0) is 39.8 Å². The molecule has 1 unspecified atom stereocenters. The van der Waals surface area contributed by atoms with Gasteiger partial charge in [0.25, 0.3) is 10.7 Å². The van der Waals surface area contributed by atoms with Crippen molar-refractivity contribution in [1.82, 2.24) is 29.5 Å². The number of rotatable bonds is 13. The van der Waals surface area contributed by atoms with Crippen LogP contribution in [-0.4, -0.2) is 91.5 Å². The van der Waals surface area contributed by atoms with Crippen LogP contribution in [0.3, 0.4) is 0 Å². The van der Waals surface area contributed by atoms with Gasteiger partial charge in [-0.2, -0.15) is 10.1 Å². The average Bonchev–Trinajstić information content (AvgIpc) is 3.48. The van der Waals surface area contributed by atoms with Crippen molar-refractivity contribution < 1.29 is 37.4 Å². The lowest BCUT2D eigenvalue weighted by atomic mass is 10.1. The number of ether oxygens (including phenoxy) is 2. The van der Waals surface area contributed by atoms with Crippen LogP contribution < -0.4 is 15.2 Å². The van der Waals surface area contributed by atoms with E-state index in [1.165, 1.54) is 25.4 Å². The van der Waals surface area contributed by atoms with Crippen LogP contribution in [0, 0.1) is 0 Å². The smallest absolute Gasteiger partial charge is 0.459 e. The number of hydrogen-bond acceptors (Lipinski definition) is 11. The van der Waals surface area contributed by atoms with Crippen LogP contribution in [0.5, 0.6) is 5.75 Å². The Balaban J connectivity index is 1.58. The molecule has 0 amide bonds. The number of aromatic amines is 1. The minimum absolute atomic E-state index is 0.0859. The largest absolute Gasteiger partial charge is 0.462 e. The number of para-hydroxylation sites is 1. The van der Waals surface area contributed by atoms with Crippen molar-refractivity contribution in [3.05, 3.63) is 47.0 Å². The van der Waals surface area contributed by atoms with E-state index in [9.17, 15) is 19.3 Å². The Kier molecular flexibility index (Phi) is 10.4. The van der Waals surface area contributed by atoms with Crippen molar-refractivity contribution >= 4 is 48.8 Å². The molecule has 15 nitrogen and oxygen atoms in total. The summed E-state index contributed by atoms with van der Waals surface area (Å²) in [6, 6.07) is 6.84. The van der Waals surface area contributed by atoms with E-state index in [1.54, 1.807) is 44.0 Å². The number of carbonyl (C=O) groups is 1. The zero-order valence-corrected chi connectivity index (χ0v) is 26.2. The Morgan fingerprint density at radius 3 is 2.75 bits per heavy atom. The number of carbonyl (C=O) groups excluding carboxylic acids is 1. The summed E-state index contributed by atoms with van der Waals surface area (Å²) in [5.74, 6) is -0.668. The van der Waals surface area contributed by atoms with Crippen molar-refractivity contribution in [3.8, 4) is 5.75 Å². The maximum absolute atomic E-state index is 15.9. The molecule has 18 heteroatoms. The Bertz CT molecular complexity index is 1590. The minimum atomic E-state index is -4.37. The number of nitrogens with one attached hydrogen (secondary N) is 2. The molecule has 1 aliphatic rings. The Morgan fingerprint density at radius 2 is 2.09 bits per heavy atom. The third-order valence-corrected chi connectivity index (χ3v) is 8.42. The Hall–Kier alpha value is -3.40. The first-order valence-electron chi connectivity index (χ1n) is 13.6. The van der Waals surface area contributed by atoms with Crippen molar-refractivity contribution in [2.45, 2.75) is 63.4 Å². The van der Waals surface area contributed by atoms with Gasteiger partial charge < -0.3 is 24.0 Å². The molecule has 1 fully saturated rings. The fraction of sp³-hybridized carbons (Fsp3) is 0.500. The molecule has 1 aliphatic heterocycles. The standard InChI is InChI=1S/C26H34ClFN7O8P/c1-6-34(5)13-30-25-31-21-19(22(37)32-25)29-14-35(21)24-26(27,28)20(36)18(42-24)12-40-44(39,43-17-10-8-7-9-11-17)33-16(4)23(38)41-15(2)3/h7-11,13-16,18,20,24,36H,6,12H2,1-5H3,(H,33,39)(H,31,32,37)/b30-13+/t16-,18-,20-,24-,26-,44?/m1/s1. The van der Waals surface area contributed by atoms with Crippen LogP contribution >= 0.6 is 19.3 Å². The number of esters is 1. The molecule has 3 N–H and O–H groups in total. The van der Waals surface area contributed by atoms with Gasteiger partial charge in [-0.3, -0.25) is 23.7 Å². The SMILES string of the molecule is CCN(C)/C=N/c1nc2c(ncn2[C@@H]2O[C@H](COP(=O)(N[C@H](C)C(=O)OC(C)C)Oc3ccccc3)[C@@H](O)[C@]2(F)Cl)c(=O)[nH]1. The van der Waals surface area contributed by atoms with Crippen LogP contribution in [0.15, 0.2) is 46.4 Å². The zero-order chi connectivity index (χ0) is 32.2. The second-order valence-electron chi connectivity index (χ2n) is 10.2. The maximum Gasteiger partial charge on any atom is 0.459 e. The number of fused-ring (bicyclic) bond motifs is 1. The van der Waals surface area contributed by atoms with Gasteiger partial charge in [-0.15, -0.1) is 0 Å². The number of imidazole rings is 1. The van der Waals surface area contributed by atoms with Gasteiger partial charge in [0.1, 0.15) is 24.0 Å². The van der Waals surface area contributed by atoms with Gasteiger partial charge in [-0.25, -0.2) is 18.9 Å². The van der Waals surface area contributed by atoms with E-state index in [0.717, 1.165) is 10.9 Å². The molecule has 44 heavy (non-hydrogen) atoms. The molecule has 0 radical (unpaired) electrons. The summed E-state index contributed by atoms with van der Waals surface area (Å²) in [4.78, 5) is 41.6. The molecule has 0 spiro atoms. The van der Waals surface area contributed by atoms with Crippen LogP contribution in [0.25, 0.3) is 11.2 Å². The summed E-state index contributed by atoms with van der Waals surface area (Å²) >= 11 is 6.15. The van der Waals surface area contributed by atoms with Gasteiger partial charge in [0.2, 0.25) is 5.95 Å². The normalized spacial score (nSPS) is 24.1. The third kappa shape index (κ3) is 7.62. The number of nitrogens with zero attached hydrogens (tertiary/aromatic N) is 5. The number of hydrogen-bond donors (Lipinski definition) is 3. The average molecular weight is 658 g/mol. The van der Waals surface area contributed by atoms with E-state index < -0.39 is 61.6 Å². The molecule has 0 bridgehead atoms. The molecule has 2 aromatic heterocycles. The van der Waals surface area contributed by atoms with Gasteiger partial charge in [0.05, 0.1) is 25.4 Å². The highest BCUT2D eigenvalue weighted by atomic mass is 35.5. The highest BCUT2D eigenvalue weighted by Crippen LogP contribution is 2.49. The van der Waals surface area contributed by atoms with Gasteiger partial charge >= 0.3 is 13.7 Å². The fourth-order valence-corrected chi connectivity index (χ4v) is 5.79. The number of alkyl halides is 2. The number of H-pyrrole nitrogens is 1. The quantitative estimate of drug-likeness (QED) is 0.0804. The van der Waals surface area contributed by atoms with Gasteiger partial charge in [-0.1, -0.05) is 29.8 Å². The summed E-state index contributed by atoms with van der Waals surface area (Å²) in [7, 11) is -2.60. The molecule has 0 aliphatic carbocycles. The van der Waals surface area contributed by atoms with Crippen molar-refractivity contribution in [1.29, 1.82) is 0 Å². The molecule has 1 saturated heterocycles. The molecule has 3 aromatic rings. The van der Waals surface area contributed by atoms with E-state index in [2.05, 4.69) is 25.0 Å². The van der Waals surface area contributed by atoms with Crippen LogP contribution in [0.1, 0.15) is 33.9 Å². The number of aliphatic imine (C=N–C) groups is 1. The molecule has 240 valence electrons. The zero-order valence-electron chi connectivity index (χ0n) is 24.6. The van der Waals surface area contributed by atoms with Crippen molar-refractivity contribution in [3.63, 3.8) is 0 Å². The molecular formula is C26H34ClFN7O8P. The van der Waals surface area contributed by atoms with E-state index in [-0.39, 0.29) is 22.9 Å². The number of aliphatic hydroxyl groups excluding tert-OH is 1. The summed E-state index contributed by atoms with van der Waals surface area (Å²) in [6.45, 7) is 6.55. The predicted molar refractivity (Wildman–Crippen MR) is 159 cm³/mol. The lowest BCUT2D eigenvalue weighted by Gasteiger charge is -2.25. The molecule has 6 atom stereocenters. The monoisotopic (exact) mass is 657 g/mol. The lowest BCUT2D eigenvalue weighted by Crippen LogP contribution is -2.40. The van der Waals surface area contributed by atoms with E-state index in [0.29, 0.717) is 6.54 Å². The van der Waals surface area contributed by atoms with E-state index >= 15 is 4.39 Å². The second-order valence-corrected chi connectivity index (χ2v) is 12.5. The maximum atomic E-state index is 15.9. The molecule has 3 heterocycles. The number of aliphatic hydroxyl groups is 1. The van der Waals surface area contributed by atoms with Gasteiger partial charge in [0.15, 0.2) is 17.4 Å². The highest BCUT2D eigenvalue weighted by Gasteiger charge is 2.58. The first-order chi connectivity index (χ1) is 20.7. The molecule has 0 saturated carbocycles. The number of aromatic nitrogens is 4. The fourth-order valence-electron chi connectivity index (χ4n) is 3.99.